The van der Waals surface area contributed by atoms with E-state index in [1.807, 2.05) is 0 Å². The summed E-state index contributed by atoms with van der Waals surface area (Å²) in [5.74, 6) is -0.649. The van der Waals surface area contributed by atoms with E-state index >= 15 is 0 Å². The second kappa shape index (κ2) is 6.80. The van der Waals surface area contributed by atoms with E-state index in [-0.39, 0.29) is 17.4 Å². The number of carboxylic acids is 1. The molecule has 0 bridgehead atoms. The number of nitrogens with one attached hydrogen (secondary N) is 1. The third-order valence-electron chi connectivity index (χ3n) is 3.38. The van der Waals surface area contributed by atoms with Crippen LogP contribution >= 0.6 is 11.8 Å². The Balaban J connectivity index is 2.14. The molecule has 0 saturated carbocycles. The first-order valence-electron chi connectivity index (χ1n) is 6.73. The second-order valence-electron chi connectivity index (χ2n) is 4.87. The topological polar surface area (TPSA) is 118 Å². The summed E-state index contributed by atoms with van der Waals surface area (Å²) in [5, 5.41) is 8.96. The zero-order valence-corrected chi connectivity index (χ0v) is 12.8. The maximum atomic E-state index is 12.3. The van der Waals surface area contributed by atoms with Gasteiger partial charge < -0.3 is 15.8 Å². The van der Waals surface area contributed by atoms with E-state index in [4.69, 9.17) is 10.8 Å². The van der Waals surface area contributed by atoms with Crippen molar-refractivity contribution in [2.24, 2.45) is 5.73 Å². The highest BCUT2D eigenvalue weighted by atomic mass is 32.2. The van der Waals surface area contributed by atoms with Crippen LogP contribution in [-0.4, -0.2) is 37.7 Å². The summed E-state index contributed by atoms with van der Waals surface area (Å²) in [6.45, 7) is 1.90. The molecule has 7 nitrogen and oxygen atoms in total. The van der Waals surface area contributed by atoms with E-state index < -0.39 is 17.7 Å². The Morgan fingerprint density at radius 2 is 2.09 bits per heavy atom. The van der Waals surface area contributed by atoms with Gasteiger partial charge in [-0.25, -0.2) is 4.79 Å². The number of hydrogen-bond donors (Lipinski definition) is 3. The van der Waals surface area contributed by atoms with Crippen LogP contribution in [0.3, 0.4) is 0 Å². The van der Waals surface area contributed by atoms with Crippen LogP contribution in [0, 0.1) is 0 Å². The Kier molecular flexibility index (Phi) is 5.04. The summed E-state index contributed by atoms with van der Waals surface area (Å²) in [6.07, 6.45) is 0. The SMILES string of the molecule is CC(SCCn1c(=O)[nH]c2ccccc2c1=O)C(N)C(=O)O. The minimum atomic E-state index is -1.07. The molecule has 4 N–H and O–H groups in total. The molecule has 2 aromatic rings. The molecular weight excluding hydrogens is 306 g/mol. The van der Waals surface area contributed by atoms with Crippen molar-refractivity contribution in [1.29, 1.82) is 0 Å². The average Bonchev–Trinajstić information content (AvgIpc) is 2.49. The Hall–Kier alpha value is -2.06. The van der Waals surface area contributed by atoms with Gasteiger partial charge in [0.2, 0.25) is 0 Å². The smallest absolute Gasteiger partial charge is 0.328 e. The maximum absolute atomic E-state index is 12.3. The minimum absolute atomic E-state index is 0.195. The minimum Gasteiger partial charge on any atom is -0.480 e. The van der Waals surface area contributed by atoms with E-state index in [9.17, 15) is 14.4 Å². The number of aromatic amines is 1. The number of aliphatic carboxylic acids is 1. The number of benzene rings is 1. The number of fused-ring (bicyclic) bond motifs is 1. The number of carbonyl (C=O) groups is 1. The Morgan fingerprint density at radius 3 is 2.77 bits per heavy atom. The number of hydrogen-bond acceptors (Lipinski definition) is 5. The Labute approximate surface area is 130 Å². The molecule has 0 amide bonds. The molecule has 1 aromatic carbocycles. The third kappa shape index (κ3) is 3.40. The second-order valence-corrected chi connectivity index (χ2v) is 6.36. The molecule has 0 fully saturated rings. The number of aromatic nitrogens is 2. The number of nitrogens with zero attached hydrogens (tertiary/aromatic N) is 1. The highest BCUT2D eigenvalue weighted by molar-refractivity contribution is 7.99. The van der Waals surface area contributed by atoms with Gasteiger partial charge in [0, 0.05) is 17.5 Å². The first-order chi connectivity index (χ1) is 10.4. The van der Waals surface area contributed by atoms with Gasteiger partial charge in [0.05, 0.1) is 10.9 Å². The van der Waals surface area contributed by atoms with Gasteiger partial charge in [0.15, 0.2) is 0 Å². The predicted octanol–water partition coefficient (Wildman–Crippen LogP) is 0.223. The van der Waals surface area contributed by atoms with Crippen LogP contribution in [0.5, 0.6) is 0 Å². The number of H-pyrrole nitrogens is 1. The molecule has 22 heavy (non-hydrogen) atoms. The highest BCUT2D eigenvalue weighted by Gasteiger charge is 2.20. The molecule has 118 valence electrons. The van der Waals surface area contributed by atoms with Crippen LogP contribution in [0.15, 0.2) is 33.9 Å². The van der Waals surface area contributed by atoms with Crippen molar-refractivity contribution in [2.75, 3.05) is 5.75 Å². The summed E-state index contributed by atoms with van der Waals surface area (Å²) >= 11 is 1.31. The molecule has 0 saturated heterocycles. The van der Waals surface area contributed by atoms with Crippen LogP contribution in [0.4, 0.5) is 0 Å². The van der Waals surface area contributed by atoms with Crippen molar-refractivity contribution in [3.63, 3.8) is 0 Å². The van der Waals surface area contributed by atoms with Gasteiger partial charge in [0.25, 0.3) is 5.56 Å². The van der Waals surface area contributed by atoms with Gasteiger partial charge in [0.1, 0.15) is 6.04 Å². The van der Waals surface area contributed by atoms with E-state index in [0.29, 0.717) is 16.7 Å². The standard InChI is InChI=1S/C14H17N3O4S/c1-8(11(15)13(19)20)22-7-6-17-12(18)9-4-2-3-5-10(9)16-14(17)21/h2-5,8,11H,6-7,15H2,1H3,(H,16,21)(H,19,20). The van der Waals surface area contributed by atoms with Crippen LogP contribution in [0.25, 0.3) is 10.9 Å². The number of para-hydroxylation sites is 1. The zero-order valence-electron chi connectivity index (χ0n) is 12.0. The monoisotopic (exact) mass is 323 g/mol. The third-order valence-corrected chi connectivity index (χ3v) is 4.61. The fraction of sp³-hybridized carbons (Fsp3) is 0.357. The van der Waals surface area contributed by atoms with Gasteiger partial charge in [-0.05, 0) is 12.1 Å². The fourth-order valence-corrected chi connectivity index (χ4v) is 3.02. The van der Waals surface area contributed by atoms with E-state index in [1.54, 1.807) is 31.2 Å². The number of nitrogens with two attached hydrogens (primary N) is 1. The van der Waals surface area contributed by atoms with Crippen LogP contribution in [0.2, 0.25) is 0 Å². The molecule has 0 radical (unpaired) electrons. The summed E-state index contributed by atoms with van der Waals surface area (Å²) < 4.78 is 1.12. The average molecular weight is 323 g/mol. The molecule has 0 aliphatic heterocycles. The fourth-order valence-electron chi connectivity index (χ4n) is 2.04. The van der Waals surface area contributed by atoms with Crippen molar-refractivity contribution < 1.29 is 9.90 Å². The summed E-state index contributed by atoms with van der Waals surface area (Å²) in [6, 6.07) is 5.82. The zero-order chi connectivity index (χ0) is 16.3. The van der Waals surface area contributed by atoms with Gasteiger partial charge in [-0.2, -0.15) is 11.8 Å². The molecule has 0 aliphatic rings. The number of thioether (sulfide) groups is 1. The number of rotatable bonds is 6. The summed E-state index contributed by atoms with van der Waals surface area (Å²) in [7, 11) is 0. The maximum Gasteiger partial charge on any atom is 0.328 e. The lowest BCUT2D eigenvalue weighted by Crippen LogP contribution is -2.39. The van der Waals surface area contributed by atoms with Gasteiger partial charge in [-0.1, -0.05) is 19.1 Å². The molecule has 1 heterocycles. The van der Waals surface area contributed by atoms with Crippen molar-refractivity contribution in [1.82, 2.24) is 9.55 Å². The van der Waals surface area contributed by atoms with Crippen LogP contribution in [0.1, 0.15) is 6.92 Å². The van der Waals surface area contributed by atoms with E-state index in [0.717, 1.165) is 4.57 Å². The highest BCUT2D eigenvalue weighted by Crippen LogP contribution is 2.13. The molecule has 2 rings (SSSR count). The largest absolute Gasteiger partial charge is 0.480 e. The quantitative estimate of drug-likeness (QED) is 0.700. The van der Waals surface area contributed by atoms with Crippen molar-refractivity contribution in [3.8, 4) is 0 Å². The van der Waals surface area contributed by atoms with Crippen LogP contribution in [-0.2, 0) is 11.3 Å². The first-order valence-corrected chi connectivity index (χ1v) is 7.78. The molecule has 8 heteroatoms. The Morgan fingerprint density at radius 1 is 1.41 bits per heavy atom. The molecule has 1 aromatic heterocycles. The predicted molar refractivity (Wildman–Crippen MR) is 86.4 cm³/mol. The van der Waals surface area contributed by atoms with Gasteiger partial charge in [-0.15, -0.1) is 0 Å². The molecular formula is C14H17N3O4S. The summed E-state index contributed by atoms with van der Waals surface area (Å²) in [5.41, 5.74) is 5.19. The lowest BCUT2D eigenvalue weighted by molar-refractivity contribution is -0.138. The van der Waals surface area contributed by atoms with Crippen LogP contribution < -0.4 is 17.0 Å². The summed E-state index contributed by atoms with van der Waals surface area (Å²) in [4.78, 5) is 37.7. The molecule has 0 spiro atoms. The van der Waals surface area contributed by atoms with E-state index in [1.165, 1.54) is 11.8 Å². The van der Waals surface area contributed by atoms with Gasteiger partial charge >= 0.3 is 11.7 Å². The van der Waals surface area contributed by atoms with Gasteiger partial charge in [-0.3, -0.25) is 14.2 Å². The lowest BCUT2D eigenvalue weighted by atomic mass is 10.2. The molecule has 2 unspecified atom stereocenters. The van der Waals surface area contributed by atoms with Crippen molar-refractivity contribution >= 4 is 28.6 Å². The molecule has 0 aliphatic carbocycles. The first kappa shape index (κ1) is 16.3. The van der Waals surface area contributed by atoms with Crippen molar-refractivity contribution in [3.05, 3.63) is 45.1 Å². The molecule has 2 atom stereocenters. The Bertz CT molecular complexity index is 799. The lowest BCUT2D eigenvalue weighted by Gasteiger charge is -2.15. The number of carboxylic acid groups (broad SMARTS) is 1. The van der Waals surface area contributed by atoms with E-state index in [2.05, 4.69) is 4.98 Å². The normalized spacial score (nSPS) is 13.9. The van der Waals surface area contributed by atoms with Crippen molar-refractivity contribution in [2.45, 2.75) is 24.8 Å².